The highest BCUT2D eigenvalue weighted by Crippen LogP contribution is 2.18. The molecule has 0 spiro atoms. The maximum absolute atomic E-state index is 12.8. The smallest absolute Gasteiger partial charge is 0.272 e. The van der Waals surface area contributed by atoms with Crippen molar-refractivity contribution in [3.63, 3.8) is 0 Å². The highest BCUT2D eigenvalue weighted by atomic mass is 16.2. The molecule has 25 heavy (non-hydrogen) atoms. The van der Waals surface area contributed by atoms with Crippen molar-refractivity contribution in [3.05, 3.63) is 53.5 Å². The van der Waals surface area contributed by atoms with Gasteiger partial charge in [-0.25, -0.2) is 9.97 Å². The van der Waals surface area contributed by atoms with Gasteiger partial charge in [-0.3, -0.25) is 4.79 Å². The van der Waals surface area contributed by atoms with Crippen molar-refractivity contribution >= 4 is 11.7 Å². The van der Waals surface area contributed by atoms with Gasteiger partial charge in [0.25, 0.3) is 5.91 Å². The van der Waals surface area contributed by atoms with Gasteiger partial charge in [-0.15, -0.1) is 0 Å². The SMILES string of the molecule is CCN(Cc1ccccc1)c1cc(C(=O)N2CCCCC2)nc(C)n1. The highest BCUT2D eigenvalue weighted by Gasteiger charge is 2.21. The largest absolute Gasteiger partial charge is 0.352 e. The van der Waals surface area contributed by atoms with Crippen molar-refractivity contribution in [1.82, 2.24) is 14.9 Å². The number of nitrogens with zero attached hydrogens (tertiary/aromatic N) is 4. The Morgan fingerprint density at radius 3 is 2.52 bits per heavy atom. The monoisotopic (exact) mass is 338 g/mol. The lowest BCUT2D eigenvalue weighted by atomic mass is 10.1. The Hall–Kier alpha value is -2.43. The standard InChI is InChI=1S/C20H26N4O/c1-3-23(15-17-10-6-4-7-11-17)19-14-18(21-16(2)22-19)20(25)24-12-8-5-9-13-24/h4,6-7,10-11,14H,3,5,8-9,12-13,15H2,1-2H3. The summed E-state index contributed by atoms with van der Waals surface area (Å²) >= 11 is 0. The second-order valence-electron chi connectivity index (χ2n) is 6.51. The van der Waals surface area contributed by atoms with Crippen LogP contribution >= 0.6 is 0 Å². The highest BCUT2D eigenvalue weighted by molar-refractivity contribution is 5.93. The van der Waals surface area contributed by atoms with Gasteiger partial charge in [0, 0.05) is 32.2 Å². The molecule has 2 heterocycles. The first-order valence-corrected chi connectivity index (χ1v) is 9.11. The summed E-state index contributed by atoms with van der Waals surface area (Å²) in [6, 6.07) is 12.2. The Balaban J connectivity index is 1.83. The van der Waals surface area contributed by atoms with Crippen LogP contribution in [-0.4, -0.2) is 40.4 Å². The van der Waals surface area contributed by atoms with Crippen molar-refractivity contribution in [2.24, 2.45) is 0 Å². The quantitative estimate of drug-likeness (QED) is 0.838. The van der Waals surface area contributed by atoms with Gasteiger partial charge in [0.2, 0.25) is 0 Å². The molecule has 0 saturated carbocycles. The number of anilines is 1. The fourth-order valence-electron chi connectivity index (χ4n) is 3.24. The molecule has 0 atom stereocenters. The molecule has 1 fully saturated rings. The summed E-state index contributed by atoms with van der Waals surface area (Å²) in [5.74, 6) is 1.49. The first-order chi connectivity index (χ1) is 12.2. The van der Waals surface area contributed by atoms with Gasteiger partial charge in [-0.05, 0) is 38.7 Å². The van der Waals surface area contributed by atoms with Gasteiger partial charge in [0.05, 0.1) is 0 Å². The summed E-state index contributed by atoms with van der Waals surface area (Å²) in [7, 11) is 0. The first kappa shape index (κ1) is 17.4. The number of benzene rings is 1. The minimum atomic E-state index is 0.0298. The van der Waals surface area contributed by atoms with E-state index in [0.29, 0.717) is 11.5 Å². The summed E-state index contributed by atoms with van der Waals surface area (Å²) in [5.41, 5.74) is 1.74. The van der Waals surface area contributed by atoms with E-state index in [1.807, 2.05) is 36.1 Å². The molecule has 5 heteroatoms. The zero-order chi connectivity index (χ0) is 17.6. The van der Waals surface area contributed by atoms with Crippen molar-refractivity contribution in [1.29, 1.82) is 0 Å². The number of hydrogen-bond acceptors (Lipinski definition) is 4. The Morgan fingerprint density at radius 2 is 1.84 bits per heavy atom. The topological polar surface area (TPSA) is 49.3 Å². The van der Waals surface area contributed by atoms with Gasteiger partial charge < -0.3 is 9.80 Å². The van der Waals surface area contributed by atoms with E-state index in [-0.39, 0.29) is 5.91 Å². The molecule has 0 N–H and O–H groups in total. The van der Waals surface area contributed by atoms with Gasteiger partial charge in [0.15, 0.2) is 0 Å². The molecule has 5 nitrogen and oxygen atoms in total. The molecule has 3 rings (SSSR count). The minimum absolute atomic E-state index is 0.0298. The van der Waals surface area contributed by atoms with Crippen LogP contribution in [0.3, 0.4) is 0 Å². The third-order valence-corrected chi connectivity index (χ3v) is 4.61. The fourth-order valence-corrected chi connectivity index (χ4v) is 3.24. The van der Waals surface area contributed by atoms with Crippen molar-refractivity contribution in [3.8, 4) is 0 Å². The van der Waals surface area contributed by atoms with Crippen LogP contribution in [0, 0.1) is 6.92 Å². The molecule has 1 aromatic carbocycles. The van der Waals surface area contributed by atoms with Gasteiger partial charge in [-0.2, -0.15) is 0 Å². The number of hydrogen-bond donors (Lipinski definition) is 0. The summed E-state index contributed by atoms with van der Waals surface area (Å²) in [6.45, 7) is 7.21. The average molecular weight is 338 g/mol. The van der Waals surface area contributed by atoms with E-state index in [0.717, 1.165) is 44.8 Å². The number of amides is 1. The second-order valence-corrected chi connectivity index (χ2v) is 6.51. The Morgan fingerprint density at radius 1 is 1.12 bits per heavy atom. The van der Waals surface area contributed by atoms with E-state index in [4.69, 9.17) is 0 Å². The molecule has 1 aliphatic heterocycles. The number of carbonyl (C=O) groups excluding carboxylic acids is 1. The summed E-state index contributed by atoms with van der Waals surface area (Å²) in [5, 5.41) is 0. The molecular weight excluding hydrogens is 312 g/mol. The van der Waals surface area contributed by atoms with E-state index < -0.39 is 0 Å². The molecule has 2 aromatic rings. The van der Waals surface area contributed by atoms with Crippen LogP contribution in [-0.2, 0) is 6.54 Å². The molecule has 1 saturated heterocycles. The summed E-state index contributed by atoms with van der Waals surface area (Å²) in [6.07, 6.45) is 3.37. The molecule has 132 valence electrons. The van der Waals surface area contributed by atoms with E-state index >= 15 is 0 Å². The molecule has 0 bridgehead atoms. The zero-order valence-electron chi connectivity index (χ0n) is 15.1. The lowest BCUT2D eigenvalue weighted by molar-refractivity contribution is 0.0718. The van der Waals surface area contributed by atoms with Crippen LogP contribution in [0.2, 0.25) is 0 Å². The first-order valence-electron chi connectivity index (χ1n) is 9.11. The number of aryl methyl sites for hydroxylation is 1. The van der Waals surface area contributed by atoms with E-state index in [1.54, 1.807) is 0 Å². The van der Waals surface area contributed by atoms with Gasteiger partial charge in [0.1, 0.15) is 17.3 Å². The number of rotatable bonds is 5. The number of likely N-dealkylation sites (tertiary alicyclic amines) is 1. The normalized spacial score (nSPS) is 14.4. The summed E-state index contributed by atoms with van der Waals surface area (Å²) in [4.78, 5) is 25.9. The van der Waals surface area contributed by atoms with Gasteiger partial charge in [-0.1, -0.05) is 30.3 Å². The fraction of sp³-hybridized carbons (Fsp3) is 0.450. The third kappa shape index (κ3) is 4.35. The molecule has 1 amide bonds. The number of aromatic nitrogens is 2. The van der Waals surface area contributed by atoms with Crippen molar-refractivity contribution in [2.45, 2.75) is 39.7 Å². The number of carbonyl (C=O) groups is 1. The predicted octanol–water partition coefficient (Wildman–Crippen LogP) is 3.44. The van der Waals surface area contributed by atoms with E-state index in [1.165, 1.54) is 12.0 Å². The summed E-state index contributed by atoms with van der Waals surface area (Å²) < 4.78 is 0. The molecule has 0 aliphatic carbocycles. The van der Waals surface area contributed by atoms with Crippen LogP contribution in [0.5, 0.6) is 0 Å². The number of piperidine rings is 1. The van der Waals surface area contributed by atoms with Crippen LogP contribution in [0.4, 0.5) is 5.82 Å². The lowest BCUT2D eigenvalue weighted by Gasteiger charge is -2.27. The minimum Gasteiger partial charge on any atom is -0.352 e. The lowest BCUT2D eigenvalue weighted by Crippen LogP contribution is -2.36. The van der Waals surface area contributed by atoms with Crippen LogP contribution in [0.15, 0.2) is 36.4 Å². The molecule has 0 unspecified atom stereocenters. The maximum Gasteiger partial charge on any atom is 0.272 e. The van der Waals surface area contributed by atoms with Crippen LogP contribution in [0.25, 0.3) is 0 Å². The van der Waals surface area contributed by atoms with Crippen LogP contribution < -0.4 is 4.90 Å². The van der Waals surface area contributed by atoms with Crippen LogP contribution in [0.1, 0.15) is 48.1 Å². The van der Waals surface area contributed by atoms with Crippen molar-refractivity contribution < 1.29 is 4.79 Å². The second kappa shape index (κ2) is 8.10. The Bertz CT molecular complexity index is 711. The third-order valence-electron chi connectivity index (χ3n) is 4.61. The predicted molar refractivity (Wildman–Crippen MR) is 99.7 cm³/mol. The van der Waals surface area contributed by atoms with E-state index in [9.17, 15) is 4.79 Å². The average Bonchev–Trinajstić information content (AvgIpc) is 2.66. The Kier molecular flexibility index (Phi) is 5.64. The Labute approximate surface area is 149 Å². The molecular formula is C20H26N4O. The zero-order valence-corrected chi connectivity index (χ0v) is 15.1. The van der Waals surface area contributed by atoms with E-state index in [2.05, 4.69) is 33.9 Å². The maximum atomic E-state index is 12.8. The van der Waals surface area contributed by atoms with Crippen molar-refractivity contribution in [2.75, 3.05) is 24.5 Å². The molecule has 1 aromatic heterocycles. The van der Waals surface area contributed by atoms with Gasteiger partial charge >= 0.3 is 0 Å². The molecule has 0 radical (unpaired) electrons. The molecule has 1 aliphatic rings.